The van der Waals surface area contributed by atoms with Crippen molar-refractivity contribution in [2.45, 2.75) is 32.2 Å². The molecule has 0 bridgehead atoms. The van der Waals surface area contributed by atoms with Gasteiger partial charge in [-0.15, -0.1) is 0 Å². The Labute approximate surface area is 122 Å². The number of nitrogens with one attached hydrogen (secondary N) is 1. The highest BCUT2D eigenvalue weighted by molar-refractivity contribution is 6.35. The van der Waals surface area contributed by atoms with E-state index in [0.717, 1.165) is 18.4 Å². The Balaban J connectivity index is 2.02. The second kappa shape index (κ2) is 5.81. The Hall–Kier alpha value is -1.24. The monoisotopic (exact) mass is 296 g/mol. The lowest BCUT2D eigenvalue weighted by molar-refractivity contribution is -0.128. The van der Waals surface area contributed by atoms with Crippen molar-refractivity contribution >= 4 is 29.1 Å². The molecule has 1 N–H and O–H groups in total. The molecule has 0 aromatic heterocycles. The molecule has 100 valence electrons. The molecule has 1 aliphatic rings. The number of benzene rings is 1. The van der Waals surface area contributed by atoms with Gasteiger partial charge in [-0.3, -0.25) is 4.79 Å². The quantitative estimate of drug-likeness (QED) is 0.925. The van der Waals surface area contributed by atoms with E-state index in [9.17, 15) is 10.1 Å². The summed E-state index contributed by atoms with van der Waals surface area (Å²) in [7, 11) is 0. The van der Waals surface area contributed by atoms with Gasteiger partial charge in [0.1, 0.15) is 5.41 Å². The minimum Gasteiger partial charge on any atom is -0.351 e. The van der Waals surface area contributed by atoms with Gasteiger partial charge in [0.2, 0.25) is 5.91 Å². The van der Waals surface area contributed by atoms with Crippen LogP contribution in [0.25, 0.3) is 0 Å². The Morgan fingerprint density at radius 3 is 2.63 bits per heavy atom. The lowest BCUT2D eigenvalue weighted by Gasteiger charge is -2.19. The first kappa shape index (κ1) is 14.2. The smallest absolute Gasteiger partial charge is 0.240 e. The molecule has 0 heterocycles. The van der Waals surface area contributed by atoms with E-state index in [1.54, 1.807) is 18.2 Å². The van der Waals surface area contributed by atoms with Crippen molar-refractivity contribution in [3.8, 4) is 6.07 Å². The summed E-state index contributed by atoms with van der Waals surface area (Å²) in [6, 6.07) is 7.31. The predicted molar refractivity (Wildman–Crippen MR) is 74.8 cm³/mol. The van der Waals surface area contributed by atoms with Crippen LogP contribution in [-0.2, 0) is 11.3 Å². The van der Waals surface area contributed by atoms with Crippen LogP contribution in [0.4, 0.5) is 0 Å². The predicted octanol–water partition coefficient (Wildman–Crippen LogP) is 3.69. The molecular formula is C14H14Cl2N2O. The van der Waals surface area contributed by atoms with Crippen LogP contribution in [0.2, 0.25) is 10.0 Å². The van der Waals surface area contributed by atoms with Crippen LogP contribution < -0.4 is 5.32 Å². The third-order valence-corrected chi connectivity index (χ3v) is 4.15. The lowest BCUT2D eigenvalue weighted by Crippen LogP contribution is -2.37. The van der Waals surface area contributed by atoms with Gasteiger partial charge >= 0.3 is 0 Å². The molecule has 0 atom stereocenters. The van der Waals surface area contributed by atoms with Gasteiger partial charge in [-0.1, -0.05) is 42.1 Å². The molecule has 0 spiro atoms. The van der Waals surface area contributed by atoms with Gasteiger partial charge in [-0.2, -0.15) is 5.26 Å². The molecule has 5 heteroatoms. The zero-order valence-electron chi connectivity index (χ0n) is 10.4. The number of carbonyl (C=O) groups excluding carboxylic acids is 1. The Kier molecular flexibility index (Phi) is 4.34. The van der Waals surface area contributed by atoms with Crippen LogP contribution in [0, 0.1) is 16.7 Å². The molecule has 1 aromatic rings. The summed E-state index contributed by atoms with van der Waals surface area (Å²) in [6.07, 6.45) is 3.15. The van der Waals surface area contributed by atoms with Crippen molar-refractivity contribution in [3.05, 3.63) is 33.8 Å². The maximum absolute atomic E-state index is 12.1. The molecule has 1 aliphatic carbocycles. The zero-order valence-corrected chi connectivity index (χ0v) is 11.9. The lowest BCUT2D eigenvalue weighted by atomic mass is 9.87. The third-order valence-electron chi connectivity index (χ3n) is 3.56. The molecule has 0 saturated heterocycles. The van der Waals surface area contributed by atoms with Crippen LogP contribution in [0.15, 0.2) is 18.2 Å². The Bertz CT molecular complexity index is 531. The number of hydrogen-bond donors (Lipinski definition) is 1. The molecular weight excluding hydrogens is 283 g/mol. The van der Waals surface area contributed by atoms with Crippen LogP contribution in [0.3, 0.4) is 0 Å². The fourth-order valence-electron chi connectivity index (χ4n) is 2.38. The summed E-state index contributed by atoms with van der Waals surface area (Å²) in [5.74, 6) is -0.196. The molecule has 2 rings (SSSR count). The maximum atomic E-state index is 12.1. The van der Waals surface area contributed by atoms with E-state index in [1.165, 1.54) is 0 Å². The maximum Gasteiger partial charge on any atom is 0.240 e. The molecule has 1 fully saturated rings. The Morgan fingerprint density at radius 2 is 2.05 bits per heavy atom. The molecule has 1 amide bonds. The van der Waals surface area contributed by atoms with Crippen molar-refractivity contribution in [3.63, 3.8) is 0 Å². The summed E-state index contributed by atoms with van der Waals surface area (Å²) in [5.41, 5.74) is -0.0515. The van der Waals surface area contributed by atoms with E-state index in [1.807, 2.05) is 0 Å². The van der Waals surface area contributed by atoms with E-state index in [-0.39, 0.29) is 5.91 Å². The fourth-order valence-corrected chi connectivity index (χ4v) is 2.85. The van der Waals surface area contributed by atoms with Crippen molar-refractivity contribution in [2.75, 3.05) is 0 Å². The summed E-state index contributed by atoms with van der Waals surface area (Å²) in [6.45, 7) is 0.318. The van der Waals surface area contributed by atoms with Gasteiger partial charge in [0, 0.05) is 16.6 Å². The van der Waals surface area contributed by atoms with E-state index in [2.05, 4.69) is 11.4 Å². The number of nitrogens with zero attached hydrogens (tertiary/aromatic N) is 1. The Morgan fingerprint density at radius 1 is 1.37 bits per heavy atom. The average Bonchev–Trinajstić information content (AvgIpc) is 2.87. The fraction of sp³-hybridized carbons (Fsp3) is 0.429. The number of rotatable bonds is 3. The molecule has 0 radical (unpaired) electrons. The summed E-state index contributed by atoms with van der Waals surface area (Å²) in [5, 5.41) is 13.1. The number of amides is 1. The van der Waals surface area contributed by atoms with Gasteiger partial charge in [0.15, 0.2) is 0 Å². The first-order valence-electron chi connectivity index (χ1n) is 6.21. The first-order chi connectivity index (χ1) is 9.07. The summed E-state index contributed by atoms with van der Waals surface area (Å²) >= 11 is 11.9. The topological polar surface area (TPSA) is 52.9 Å². The minimum absolute atomic E-state index is 0.196. The van der Waals surface area contributed by atoms with Crippen LogP contribution in [0.5, 0.6) is 0 Å². The van der Waals surface area contributed by atoms with E-state index in [4.69, 9.17) is 23.2 Å². The minimum atomic E-state index is -0.848. The first-order valence-corrected chi connectivity index (χ1v) is 6.96. The zero-order chi connectivity index (χ0) is 13.9. The second-order valence-electron chi connectivity index (χ2n) is 4.82. The average molecular weight is 297 g/mol. The number of halogens is 2. The summed E-state index contributed by atoms with van der Waals surface area (Å²) < 4.78 is 0. The van der Waals surface area contributed by atoms with Gasteiger partial charge in [-0.05, 0) is 30.5 Å². The number of nitriles is 1. The second-order valence-corrected chi connectivity index (χ2v) is 5.66. The molecule has 1 saturated carbocycles. The third kappa shape index (κ3) is 3.02. The number of carbonyl (C=O) groups is 1. The van der Waals surface area contributed by atoms with Gasteiger partial charge < -0.3 is 5.32 Å². The van der Waals surface area contributed by atoms with Crippen molar-refractivity contribution in [1.29, 1.82) is 5.26 Å². The highest BCUT2D eigenvalue weighted by Crippen LogP contribution is 2.37. The van der Waals surface area contributed by atoms with E-state index >= 15 is 0 Å². The van der Waals surface area contributed by atoms with Crippen molar-refractivity contribution in [1.82, 2.24) is 5.32 Å². The highest BCUT2D eigenvalue weighted by atomic mass is 35.5. The van der Waals surface area contributed by atoms with Crippen LogP contribution >= 0.6 is 23.2 Å². The SMILES string of the molecule is N#CC1(C(=O)NCc2ccc(Cl)cc2Cl)CCCC1. The van der Waals surface area contributed by atoms with Gasteiger partial charge in [0.05, 0.1) is 6.07 Å². The van der Waals surface area contributed by atoms with E-state index in [0.29, 0.717) is 29.4 Å². The standard InChI is InChI=1S/C14H14Cl2N2O/c15-11-4-3-10(12(16)7-11)8-18-13(19)14(9-17)5-1-2-6-14/h3-4,7H,1-2,5-6,8H2,(H,18,19). The number of hydrogen-bond acceptors (Lipinski definition) is 2. The normalized spacial score (nSPS) is 16.9. The summed E-state index contributed by atoms with van der Waals surface area (Å²) in [4.78, 5) is 12.1. The molecule has 3 nitrogen and oxygen atoms in total. The van der Waals surface area contributed by atoms with E-state index < -0.39 is 5.41 Å². The highest BCUT2D eigenvalue weighted by Gasteiger charge is 2.41. The molecule has 0 aliphatic heterocycles. The van der Waals surface area contributed by atoms with Gasteiger partial charge in [0.25, 0.3) is 0 Å². The largest absolute Gasteiger partial charge is 0.351 e. The van der Waals surface area contributed by atoms with Crippen LogP contribution in [-0.4, -0.2) is 5.91 Å². The molecule has 1 aromatic carbocycles. The van der Waals surface area contributed by atoms with Crippen molar-refractivity contribution in [2.24, 2.45) is 5.41 Å². The molecule has 0 unspecified atom stereocenters. The van der Waals surface area contributed by atoms with Crippen molar-refractivity contribution < 1.29 is 4.79 Å². The van der Waals surface area contributed by atoms with Crippen LogP contribution in [0.1, 0.15) is 31.2 Å². The van der Waals surface area contributed by atoms with Gasteiger partial charge in [-0.25, -0.2) is 0 Å². The molecule has 19 heavy (non-hydrogen) atoms.